The zero-order valence-corrected chi connectivity index (χ0v) is 23.9. The van der Waals surface area contributed by atoms with Crippen LogP contribution >= 0.6 is 0 Å². The minimum absolute atomic E-state index is 0.112. The van der Waals surface area contributed by atoms with Gasteiger partial charge in [0.05, 0.1) is 24.2 Å². The van der Waals surface area contributed by atoms with Crippen molar-refractivity contribution in [3.63, 3.8) is 0 Å². The fourth-order valence-corrected chi connectivity index (χ4v) is 7.57. The lowest BCUT2D eigenvalue weighted by Gasteiger charge is -2.42. The molecule has 8 nitrogen and oxygen atoms in total. The minimum atomic E-state index is -0.203. The largest absolute Gasteiger partial charge is 0.462 e. The first-order valence-electron chi connectivity index (χ1n) is 14.8. The van der Waals surface area contributed by atoms with Crippen molar-refractivity contribution < 1.29 is 9.53 Å². The van der Waals surface area contributed by atoms with E-state index in [9.17, 15) is 10.1 Å². The van der Waals surface area contributed by atoms with Gasteiger partial charge in [0.2, 0.25) is 5.91 Å². The van der Waals surface area contributed by atoms with Crippen molar-refractivity contribution in [1.82, 2.24) is 19.8 Å². The first-order chi connectivity index (χ1) is 19.4. The summed E-state index contributed by atoms with van der Waals surface area (Å²) in [5.74, 6) is 0.803. The van der Waals surface area contributed by atoms with Gasteiger partial charge in [-0.3, -0.25) is 4.79 Å². The number of hydrogen-bond donors (Lipinski definition) is 0. The van der Waals surface area contributed by atoms with E-state index < -0.39 is 0 Å². The number of likely N-dealkylation sites (tertiary alicyclic amines) is 1. The fraction of sp³-hybridized carbons (Fsp3) is 0.562. The Morgan fingerprint density at radius 3 is 2.77 bits per heavy atom. The van der Waals surface area contributed by atoms with E-state index >= 15 is 0 Å². The van der Waals surface area contributed by atoms with Crippen LogP contribution in [0.25, 0.3) is 0 Å². The lowest BCUT2D eigenvalue weighted by atomic mass is 9.69. The van der Waals surface area contributed by atoms with Crippen molar-refractivity contribution in [3.05, 3.63) is 58.8 Å². The Hall–Kier alpha value is -3.44. The molecule has 210 valence electrons. The van der Waals surface area contributed by atoms with Crippen LogP contribution in [0.15, 0.2) is 30.9 Å². The van der Waals surface area contributed by atoms with Gasteiger partial charge in [-0.2, -0.15) is 15.2 Å². The van der Waals surface area contributed by atoms with Crippen LogP contribution in [0.5, 0.6) is 6.01 Å². The van der Waals surface area contributed by atoms with E-state index in [-0.39, 0.29) is 23.8 Å². The van der Waals surface area contributed by atoms with E-state index in [2.05, 4.69) is 54.6 Å². The fourth-order valence-electron chi connectivity index (χ4n) is 7.57. The van der Waals surface area contributed by atoms with Crippen LogP contribution in [0.1, 0.15) is 60.1 Å². The molecule has 2 aliphatic carbocycles. The molecular weight excluding hydrogens is 500 g/mol. The van der Waals surface area contributed by atoms with Gasteiger partial charge in [0.1, 0.15) is 12.4 Å². The quantitative estimate of drug-likeness (QED) is 0.516. The van der Waals surface area contributed by atoms with Crippen LogP contribution in [-0.4, -0.2) is 77.6 Å². The van der Waals surface area contributed by atoms with Crippen molar-refractivity contribution in [2.75, 3.05) is 44.7 Å². The molecule has 2 fully saturated rings. The zero-order chi connectivity index (χ0) is 27.9. The van der Waals surface area contributed by atoms with E-state index in [1.165, 1.54) is 34.8 Å². The lowest BCUT2D eigenvalue weighted by Crippen LogP contribution is -2.55. The number of likely N-dealkylation sites (N-methyl/N-ethyl adjacent to an activating group) is 1. The zero-order valence-electron chi connectivity index (χ0n) is 23.9. The van der Waals surface area contributed by atoms with Gasteiger partial charge in [-0.15, -0.1) is 0 Å². The minimum Gasteiger partial charge on any atom is -0.462 e. The number of amides is 1. The number of carbonyl (C=O) groups is 1. The highest BCUT2D eigenvalue weighted by molar-refractivity contribution is 5.87. The average molecular weight is 541 g/mol. The molecular formula is C32H40N6O2. The number of fused-ring (bicyclic) bond motifs is 3. The van der Waals surface area contributed by atoms with Crippen molar-refractivity contribution in [3.8, 4) is 12.1 Å². The van der Waals surface area contributed by atoms with E-state index in [0.29, 0.717) is 38.3 Å². The van der Waals surface area contributed by atoms with Gasteiger partial charge in [0.15, 0.2) is 0 Å². The Labute approximate surface area is 237 Å². The van der Waals surface area contributed by atoms with Gasteiger partial charge < -0.3 is 19.4 Å². The van der Waals surface area contributed by atoms with E-state index in [1.807, 2.05) is 0 Å². The summed E-state index contributed by atoms with van der Waals surface area (Å²) >= 11 is 0. The van der Waals surface area contributed by atoms with Crippen LogP contribution in [0.2, 0.25) is 0 Å². The Bertz CT molecular complexity index is 1350. The highest BCUT2D eigenvalue weighted by Gasteiger charge is 2.44. The third kappa shape index (κ3) is 4.75. The van der Waals surface area contributed by atoms with Crippen molar-refractivity contribution >= 4 is 11.7 Å². The summed E-state index contributed by atoms with van der Waals surface area (Å²) < 4.78 is 6.33. The monoisotopic (exact) mass is 540 g/mol. The third-order valence-corrected chi connectivity index (χ3v) is 9.89. The maximum absolute atomic E-state index is 12.5. The Morgan fingerprint density at radius 2 is 2.02 bits per heavy atom. The SMILES string of the molecule is C=CC(=O)N1CCN(c2nc(OC[C@@H]3CCCN3C)nc3c2CCC2(CCc4c(C)cccc42)C3)C[C@@H]1CC#N. The number of ether oxygens (including phenoxy) is 1. The Kier molecular flexibility index (Phi) is 7.26. The van der Waals surface area contributed by atoms with Crippen molar-refractivity contribution in [2.24, 2.45) is 0 Å². The van der Waals surface area contributed by atoms with Gasteiger partial charge in [0.25, 0.3) is 0 Å². The first-order valence-corrected chi connectivity index (χ1v) is 14.8. The predicted molar refractivity (Wildman–Crippen MR) is 155 cm³/mol. The number of aromatic nitrogens is 2. The van der Waals surface area contributed by atoms with Crippen LogP contribution in [0.4, 0.5) is 5.82 Å². The number of carbonyl (C=O) groups excluding carboxylic acids is 1. The van der Waals surface area contributed by atoms with Gasteiger partial charge in [-0.25, -0.2) is 0 Å². The molecule has 1 spiro atoms. The second-order valence-corrected chi connectivity index (χ2v) is 12.1. The number of nitriles is 1. The van der Waals surface area contributed by atoms with Gasteiger partial charge in [-0.1, -0.05) is 24.8 Å². The number of rotatable bonds is 6. The lowest BCUT2D eigenvalue weighted by molar-refractivity contribution is -0.128. The van der Waals surface area contributed by atoms with Gasteiger partial charge >= 0.3 is 6.01 Å². The molecule has 2 aliphatic heterocycles. The second kappa shape index (κ2) is 10.9. The number of nitrogens with zero attached hydrogens (tertiary/aromatic N) is 6. The van der Waals surface area contributed by atoms with Gasteiger partial charge in [0, 0.05) is 36.7 Å². The van der Waals surface area contributed by atoms with Gasteiger partial charge in [-0.05, 0) is 88.2 Å². The molecule has 3 atom stereocenters. The standard InChI is InChI=1S/C32H40N6O2/c1-4-29(39)38-18-17-37(20-23(38)12-15-33)30-26-11-14-32(13-10-25-22(2)7-5-9-27(25)32)19-28(26)34-31(35-30)40-21-24-8-6-16-36(24)3/h4-5,7,9,23-24H,1,6,8,10-14,16-21H2,2-3H3/t23-,24-,32?/m0/s1. The molecule has 1 unspecified atom stereocenters. The highest BCUT2D eigenvalue weighted by Crippen LogP contribution is 2.49. The number of piperazine rings is 1. The molecule has 4 aliphatic rings. The highest BCUT2D eigenvalue weighted by atomic mass is 16.5. The third-order valence-electron chi connectivity index (χ3n) is 9.89. The molecule has 0 bridgehead atoms. The normalized spacial score (nSPS) is 25.9. The summed E-state index contributed by atoms with van der Waals surface area (Å²) in [5, 5.41) is 9.51. The number of aryl methyl sites for hydroxylation is 1. The topological polar surface area (TPSA) is 85.6 Å². The molecule has 1 amide bonds. The molecule has 6 rings (SSSR count). The van der Waals surface area contributed by atoms with Crippen LogP contribution in [0.3, 0.4) is 0 Å². The maximum atomic E-state index is 12.5. The molecule has 8 heteroatoms. The first kappa shape index (κ1) is 26.8. The molecule has 40 heavy (non-hydrogen) atoms. The summed E-state index contributed by atoms with van der Waals surface area (Å²) in [4.78, 5) is 29.0. The number of benzene rings is 1. The predicted octanol–water partition coefficient (Wildman–Crippen LogP) is 3.75. The van der Waals surface area contributed by atoms with Crippen LogP contribution in [-0.2, 0) is 29.5 Å². The average Bonchev–Trinajstić information content (AvgIpc) is 3.54. The Balaban J connectivity index is 1.34. The Morgan fingerprint density at radius 1 is 1.20 bits per heavy atom. The van der Waals surface area contributed by atoms with E-state index in [1.54, 1.807) is 4.90 Å². The molecule has 3 heterocycles. The molecule has 0 saturated carbocycles. The summed E-state index contributed by atoms with van der Waals surface area (Å²) in [6.45, 7) is 9.33. The van der Waals surface area contributed by atoms with Crippen molar-refractivity contribution in [1.29, 1.82) is 5.26 Å². The molecule has 1 aromatic carbocycles. The number of hydrogen-bond acceptors (Lipinski definition) is 7. The van der Waals surface area contributed by atoms with Crippen LogP contribution in [0, 0.1) is 18.3 Å². The number of anilines is 1. The van der Waals surface area contributed by atoms with Crippen molar-refractivity contribution in [2.45, 2.75) is 75.8 Å². The van der Waals surface area contributed by atoms with E-state index in [0.717, 1.165) is 56.6 Å². The molecule has 2 saturated heterocycles. The molecule has 2 aromatic rings. The van der Waals surface area contributed by atoms with Crippen LogP contribution < -0.4 is 9.64 Å². The summed E-state index contributed by atoms with van der Waals surface area (Å²) in [6.07, 6.45) is 9.11. The maximum Gasteiger partial charge on any atom is 0.318 e. The molecule has 1 aromatic heterocycles. The summed E-state index contributed by atoms with van der Waals surface area (Å²) in [5.41, 5.74) is 6.82. The van der Waals surface area contributed by atoms with E-state index in [4.69, 9.17) is 14.7 Å². The second-order valence-electron chi connectivity index (χ2n) is 12.1. The smallest absolute Gasteiger partial charge is 0.318 e. The molecule has 0 radical (unpaired) electrons. The summed E-state index contributed by atoms with van der Waals surface area (Å²) in [7, 11) is 2.16. The molecule has 0 N–H and O–H groups in total. The summed E-state index contributed by atoms with van der Waals surface area (Å²) in [6, 6.07) is 9.68.